The lowest BCUT2D eigenvalue weighted by Gasteiger charge is -2.19. The molecule has 1 aliphatic heterocycles. The predicted molar refractivity (Wildman–Crippen MR) is 149 cm³/mol. The molecule has 0 bridgehead atoms. The fourth-order valence-electron chi connectivity index (χ4n) is 5.18. The lowest BCUT2D eigenvalue weighted by atomic mass is 10.0. The SMILES string of the molecule is CC(C)(C)OC(=O)CCn1cc(-c2ccc3c(c2F)CCN3C(=O)Cc2cc(C(F)(F)F)ccc2F)c2c(N)ncnc21. The second-order valence-corrected chi connectivity index (χ2v) is 11.2. The van der Waals surface area contributed by atoms with Gasteiger partial charge >= 0.3 is 12.1 Å². The van der Waals surface area contributed by atoms with E-state index in [-0.39, 0.29) is 48.6 Å². The summed E-state index contributed by atoms with van der Waals surface area (Å²) in [6.45, 7) is 5.53. The number of alkyl halides is 3. The summed E-state index contributed by atoms with van der Waals surface area (Å²) >= 11 is 0. The highest BCUT2D eigenvalue weighted by Gasteiger charge is 2.33. The van der Waals surface area contributed by atoms with Gasteiger partial charge in [-0.3, -0.25) is 9.59 Å². The van der Waals surface area contributed by atoms with E-state index in [1.807, 2.05) is 0 Å². The molecule has 4 aromatic rings. The van der Waals surface area contributed by atoms with Crippen molar-refractivity contribution in [2.24, 2.45) is 0 Å². The van der Waals surface area contributed by atoms with Gasteiger partial charge in [0.15, 0.2) is 0 Å². The number of halogens is 5. The zero-order valence-electron chi connectivity index (χ0n) is 23.6. The van der Waals surface area contributed by atoms with Gasteiger partial charge in [0.1, 0.15) is 35.0 Å². The molecule has 0 radical (unpaired) electrons. The molecule has 0 saturated carbocycles. The van der Waals surface area contributed by atoms with Gasteiger partial charge in [-0.05, 0) is 63.1 Å². The van der Waals surface area contributed by atoms with E-state index < -0.39 is 52.8 Å². The van der Waals surface area contributed by atoms with Crippen LogP contribution in [0, 0.1) is 11.6 Å². The van der Waals surface area contributed by atoms with Crippen LogP contribution < -0.4 is 10.6 Å². The van der Waals surface area contributed by atoms with Crippen LogP contribution in [-0.2, 0) is 39.9 Å². The zero-order chi connectivity index (χ0) is 31.3. The number of hydrogen-bond acceptors (Lipinski definition) is 6. The number of esters is 1. The predicted octanol–water partition coefficient (Wildman–Crippen LogP) is 5.84. The molecule has 0 atom stereocenters. The maximum atomic E-state index is 16.1. The highest BCUT2D eigenvalue weighted by Crippen LogP contribution is 2.40. The van der Waals surface area contributed by atoms with Crippen molar-refractivity contribution in [1.82, 2.24) is 14.5 Å². The lowest BCUT2D eigenvalue weighted by molar-refractivity contribution is -0.155. The zero-order valence-corrected chi connectivity index (χ0v) is 23.6. The van der Waals surface area contributed by atoms with Gasteiger partial charge in [-0.25, -0.2) is 18.7 Å². The molecule has 3 heterocycles. The number of hydrogen-bond donors (Lipinski definition) is 1. The number of nitrogens with two attached hydrogens (primary N) is 1. The van der Waals surface area contributed by atoms with Crippen LogP contribution in [0.1, 0.15) is 43.9 Å². The van der Waals surface area contributed by atoms with Crippen LogP contribution in [0.3, 0.4) is 0 Å². The van der Waals surface area contributed by atoms with E-state index in [1.165, 1.54) is 23.4 Å². The van der Waals surface area contributed by atoms with Crippen molar-refractivity contribution < 1.29 is 36.3 Å². The first-order chi connectivity index (χ1) is 20.1. The highest BCUT2D eigenvalue weighted by molar-refractivity contribution is 6.02. The summed E-state index contributed by atoms with van der Waals surface area (Å²) in [4.78, 5) is 35.0. The van der Waals surface area contributed by atoms with Crippen LogP contribution in [0.5, 0.6) is 0 Å². The number of carbonyl (C=O) groups is 2. The first kappa shape index (κ1) is 29.9. The summed E-state index contributed by atoms with van der Waals surface area (Å²) in [6.07, 6.45) is -2.27. The molecule has 1 aliphatic rings. The Hall–Kier alpha value is -4.55. The van der Waals surface area contributed by atoms with Crippen LogP contribution in [0.15, 0.2) is 42.9 Å². The molecule has 0 unspecified atom stereocenters. The van der Waals surface area contributed by atoms with Crippen LogP contribution >= 0.6 is 0 Å². The normalized spacial score (nSPS) is 13.4. The first-order valence-corrected chi connectivity index (χ1v) is 13.4. The molecule has 226 valence electrons. The molecule has 0 spiro atoms. The highest BCUT2D eigenvalue weighted by atomic mass is 19.4. The number of rotatable bonds is 6. The van der Waals surface area contributed by atoms with Gasteiger partial charge in [0.25, 0.3) is 0 Å². The summed E-state index contributed by atoms with van der Waals surface area (Å²) in [7, 11) is 0. The second-order valence-electron chi connectivity index (χ2n) is 11.2. The molecule has 0 saturated heterocycles. The van der Waals surface area contributed by atoms with E-state index >= 15 is 4.39 Å². The smallest absolute Gasteiger partial charge is 0.416 e. The van der Waals surface area contributed by atoms with Gasteiger partial charge in [0.05, 0.1) is 23.8 Å². The maximum Gasteiger partial charge on any atom is 0.416 e. The molecule has 5 rings (SSSR count). The van der Waals surface area contributed by atoms with E-state index in [1.54, 1.807) is 31.5 Å². The Morgan fingerprint density at radius 3 is 2.49 bits per heavy atom. The van der Waals surface area contributed by atoms with Crippen molar-refractivity contribution in [3.8, 4) is 11.1 Å². The van der Waals surface area contributed by atoms with Crippen molar-refractivity contribution in [2.75, 3.05) is 17.2 Å². The van der Waals surface area contributed by atoms with Gasteiger partial charge in [-0.15, -0.1) is 0 Å². The Bertz CT molecular complexity index is 1740. The molecular weight excluding hydrogens is 573 g/mol. The second kappa shape index (κ2) is 10.9. The molecule has 13 heteroatoms. The average Bonchev–Trinajstić information content (AvgIpc) is 3.50. The first-order valence-electron chi connectivity index (χ1n) is 13.4. The largest absolute Gasteiger partial charge is 0.460 e. The number of ether oxygens (including phenoxy) is 1. The standard InChI is InChI=1S/C30H28F5N5O3/c1-29(2,3)43-24(42)9-10-39-14-20(25-27(36)37-15-38-28(25)39)18-5-7-22-19(26(18)32)8-11-40(22)23(41)13-16-12-17(30(33,34)35)4-6-21(16)31/h4-7,12,14-15H,8-11,13H2,1-3H3,(H2,36,37,38). The quantitative estimate of drug-likeness (QED) is 0.220. The van der Waals surface area contributed by atoms with Crippen LogP contribution in [0.25, 0.3) is 22.2 Å². The number of nitrogen functional groups attached to an aromatic ring is 1. The number of benzene rings is 2. The Kier molecular flexibility index (Phi) is 7.61. The summed E-state index contributed by atoms with van der Waals surface area (Å²) in [5.74, 6) is -2.54. The third-order valence-electron chi connectivity index (χ3n) is 7.06. The van der Waals surface area contributed by atoms with Crippen molar-refractivity contribution in [3.63, 3.8) is 0 Å². The number of aromatic nitrogens is 3. The monoisotopic (exact) mass is 601 g/mol. The molecule has 0 fully saturated rings. The van der Waals surface area contributed by atoms with Gasteiger partial charge in [-0.2, -0.15) is 13.2 Å². The molecule has 0 aliphatic carbocycles. The number of aryl methyl sites for hydroxylation is 1. The van der Waals surface area contributed by atoms with Gasteiger partial charge in [0.2, 0.25) is 5.91 Å². The fraction of sp³-hybridized carbons (Fsp3) is 0.333. The third-order valence-corrected chi connectivity index (χ3v) is 7.06. The molecule has 2 N–H and O–H groups in total. The molecule has 2 aromatic heterocycles. The average molecular weight is 602 g/mol. The van der Waals surface area contributed by atoms with E-state index in [0.717, 1.165) is 0 Å². The van der Waals surface area contributed by atoms with E-state index in [9.17, 15) is 27.2 Å². The van der Waals surface area contributed by atoms with Crippen LogP contribution in [0.4, 0.5) is 33.5 Å². The lowest BCUT2D eigenvalue weighted by Crippen LogP contribution is -2.30. The number of fused-ring (bicyclic) bond motifs is 2. The minimum Gasteiger partial charge on any atom is -0.460 e. The van der Waals surface area contributed by atoms with E-state index in [0.29, 0.717) is 34.8 Å². The Morgan fingerprint density at radius 1 is 1.05 bits per heavy atom. The fourth-order valence-corrected chi connectivity index (χ4v) is 5.18. The summed E-state index contributed by atoms with van der Waals surface area (Å²) in [5.41, 5.74) is 5.45. The Morgan fingerprint density at radius 2 is 1.79 bits per heavy atom. The van der Waals surface area contributed by atoms with Crippen molar-refractivity contribution in [1.29, 1.82) is 0 Å². The summed E-state index contributed by atoms with van der Waals surface area (Å²) < 4.78 is 76.8. The van der Waals surface area contributed by atoms with Gasteiger partial charge < -0.3 is 19.9 Å². The molecule has 2 aromatic carbocycles. The van der Waals surface area contributed by atoms with Crippen molar-refractivity contribution in [3.05, 3.63) is 71.2 Å². The van der Waals surface area contributed by atoms with Gasteiger partial charge in [0, 0.05) is 41.7 Å². The molecule has 1 amide bonds. The Labute approximate surface area is 243 Å². The van der Waals surface area contributed by atoms with Crippen molar-refractivity contribution >= 4 is 34.4 Å². The van der Waals surface area contributed by atoms with Crippen molar-refractivity contribution in [2.45, 2.75) is 58.4 Å². The van der Waals surface area contributed by atoms with Crippen LogP contribution in [-0.4, -0.2) is 38.6 Å². The summed E-state index contributed by atoms with van der Waals surface area (Å²) in [5, 5.41) is 0.386. The number of anilines is 2. The minimum atomic E-state index is -4.70. The molecule has 8 nitrogen and oxygen atoms in total. The van der Waals surface area contributed by atoms with E-state index in [2.05, 4.69) is 9.97 Å². The minimum absolute atomic E-state index is 0.0284. The summed E-state index contributed by atoms with van der Waals surface area (Å²) in [6, 6.07) is 4.89. The van der Waals surface area contributed by atoms with Crippen LogP contribution in [0.2, 0.25) is 0 Å². The number of carbonyl (C=O) groups excluding carboxylic acids is 2. The van der Waals surface area contributed by atoms with E-state index in [4.69, 9.17) is 10.5 Å². The number of nitrogens with zero attached hydrogens (tertiary/aromatic N) is 4. The molecular formula is C30H28F5N5O3. The number of amides is 1. The van der Waals surface area contributed by atoms with Gasteiger partial charge in [-0.1, -0.05) is 0 Å². The maximum absolute atomic E-state index is 16.1. The Balaban J connectivity index is 1.44. The topological polar surface area (TPSA) is 103 Å². The molecule has 43 heavy (non-hydrogen) atoms. The third kappa shape index (κ3) is 6.02.